The van der Waals surface area contributed by atoms with E-state index in [1.165, 1.54) is 11.3 Å². The monoisotopic (exact) mass is 362 g/mol. The summed E-state index contributed by atoms with van der Waals surface area (Å²) in [5, 5.41) is 16.2. The van der Waals surface area contributed by atoms with E-state index in [2.05, 4.69) is 5.10 Å². The van der Waals surface area contributed by atoms with Crippen molar-refractivity contribution in [3.05, 3.63) is 83.8 Å². The topological polar surface area (TPSA) is 75.3 Å². The summed E-state index contributed by atoms with van der Waals surface area (Å²) in [5.74, 6) is 0.732. The number of phenols is 1. The smallest absolute Gasteiger partial charge is 0.310 e. The average molecular weight is 362 g/mol. The van der Waals surface area contributed by atoms with Crippen molar-refractivity contribution in [3.63, 3.8) is 0 Å². The third kappa shape index (κ3) is 3.17. The highest BCUT2D eigenvalue weighted by Gasteiger charge is 2.35. The molecule has 3 aromatic rings. The largest absolute Gasteiger partial charge is 0.508 e. The van der Waals surface area contributed by atoms with Gasteiger partial charge >= 0.3 is 5.91 Å². The minimum Gasteiger partial charge on any atom is -0.508 e. The van der Waals surface area contributed by atoms with Crippen LogP contribution in [-0.4, -0.2) is 28.8 Å². The van der Waals surface area contributed by atoms with E-state index < -0.39 is 6.04 Å². The highest BCUT2D eigenvalue weighted by Crippen LogP contribution is 2.37. The molecule has 4 rings (SSSR count). The standard InChI is InChI=1S/C21H18N2O4/c1-26-15-10-8-14(9-11-15)17-13-18(16-5-2-3-6-19(16)24)23(22-17)21(25)20-7-4-12-27-20/h2-12,18,24H,13H2,1H3. The van der Waals surface area contributed by atoms with Crippen LogP contribution < -0.4 is 4.74 Å². The van der Waals surface area contributed by atoms with Crippen LogP contribution in [0.1, 0.15) is 34.1 Å². The van der Waals surface area contributed by atoms with Crippen molar-refractivity contribution in [1.29, 1.82) is 0 Å². The SMILES string of the molecule is COc1ccc(C2=NN(C(=O)c3ccco3)C(c3ccccc3O)C2)cc1. The van der Waals surface area contributed by atoms with E-state index in [9.17, 15) is 9.90 Å². The fourth-order valence-electron chi connectivity index (χ4n) is 3.18. The van der Waals surface area contributed by atoms with Crippen molar-refractivity contribution in [2.75, 3.05) is 7.11 Å². The Morgan fingerprint density at radius 1 is 1.15 bits per heavy atom. The van der Waals surface area contributed by atoms with Crippen LogP contribution in [0.15, 0.2) is 76.4 Å². The molecule has 1 aliphatic heterocycles. The van der Waals surface area contributed by atoms with Crippen LogP contribution in [0.5, 0.6) is 11.5 Å². The normalized spacial score (nSPS) is 16.3. The molecule has 2 aromatic carbocycles. The van der Waals surface area contributed by atoms with E-state index in [1.54, 1.807) is 37.4 Å². The number of hydrogen-bond donors (Lipinski definition) is 1. The number of furan rings is 1. The molecule has 0 aliphatic carbocycles. The highest BCUT2D eigenvalue weighted by atomic mass is 16.5. The number of carbonyl (C=O) groups is 1. The summed E-state index contributed by atoms with van der Waals surface area (Å²) >= 11 is 0. The number of benzene rings is 2. The summed E-state index contributed by atoms with van der Waals surface area (Å²) in [5.41, 5.74) is 2.29. The molecular weight excluding hydrogens is 344 g/mol. The molecule has 0 spiro atoms. The average Bonchev–Trinajstić information content (AvgIpc) is 3.38. The maximum absolute atomic E-state index is 12.9. The zero-order valence-corrected chi connectivity index (χ0v) is 14.7. The number of para-hydroxylation sites is 1. The number of hydrogen-bond acceptors (Lipinski definition) is 5. The molecule has 6 nitrogen and oxygen atoms in total. The molecule has 6 heteroatoms. The number of phenolic OH excluding ortho intramolecular Hbond substituents is 1. The molecule has 136 valence electrons. The first kappa shape index (κ1) is 16.9. The van der Waals surface area contributed by atoms with E-state index in [1.807, 2.05) is 30.3 Å². The van der Waals surface area contributed by atoms with Gasteiger partial charge in [0.05, 0.1) is 25.1 Å². The molecule has 1 atom stereocenters. The summed E-state index contributed by atoms with van der Waals surface area (Å²) in [6, 6.07) is 17.3. The Kier molecular flexibility index (Phi) is 4.38. The number of rotatable bonds is 4. The van der Waals surface area contributed by atoms with Gasteiger partial charge in [-0.25, -0.2) is 5.01 Å². The second kappa shape index (κ2) is 6.99. The predicted octanol–water partition coefficient (Wildman–Crippen LogP) is 3.99. The molecule has 1 aliphatic rings. The van der Waals surface area contributed by atoms with Crippen LogP contribution in [-0.2, 0) is 0 Å². The van der Waals surface area contributed by atoms with Gasteiger partial charge in [-0.2, -0.15) is 5.10 Å². The molecule has 2 heterocycles. The van der Waals surface area contributed by atoms with E-state index >= 15 is 0 Å². The van der Waals surface area contributed by atoms with Crippen molar-refractivity contribution in [2.45, 2.75) is 12.5 Å². The first-order valence-corrected chi connectivity index (χ1v) is 8.54. The van der Waals surface area contributed by atoms with Crippen molar-refractivity contribution in [3.8, 4) is 11.5 Å². The lowest BCUT2D eigenvalue weighted by atomic mass is 9.97. The second-order valence-corrected chi connectivity index (χ2v) is 6.18. The lowest BCUT2D eigenvalue weighted by Gasteiger charge is -2.21. The number of methoxy groups -OCH3 is 1. The quantitative estimate of drug-likeness (QED) is 0.762. The molecule has 0 bridgehead atoms. The van der Waals surface area contributed by atoms with E-state index in [-0.39, 0.29) is 17.4 Å². The van der Waals surface area contributed by atoms with Gasteiger partial charge in [0.25, 0.3) is 0 Å². The predicted molar refractivity (Wildman–Crippen MR) is 99.9 cm³/mol. The number of amides is 1. The fraction of sp³-hybridized carbons (Fsp3) is 0.143. The Morgan fingerprint density at radius 3 is 2.59 bits per heavy atom. The van der Waals surface area contributed by atoms with Gasteiger partial charge in [-0.3, -0.25) is 4.79 Å². The molecule has 0 radical (unpaired) electrons. The molecule has 1 aromatic heterocycles. The van der Waals surface area contributed by atoms with Gasteiger partial charge in [-0.05, 0) is 48.0 Å². The zero-order chi connectivity index (χ0) is 18.8. The lowest BCUT2D eigenvalue weighted by Crippen LogP contribution is -2.26. The molecule has 0 saturated carbocycles. The van der Waals surface area contributed by atoms with Crippen LogP contribution >= 0.6 is 0 Å². The Hall–Kier alpha value is -3.54. The Labute approximate surface area is 156 Å². The van der Waals surface area contributed by atoms with Gasteiger partial charge in [-0.15, -0.1) is 0 Å². The third-order valence-corrected chi connectivity index (χ3v) is 4.57. The van der Waals surface area contributed by atoms with Crippen molar-refractivity contribution < 1.29 is 19.1 Å². The minimum absolute atomic E-state index is 0.130. The summed E-state index contributed by atoms with van der Waals surface area (Å²) in [6.07, 6.45) is 1.93. The summed E-state index contributed by atoms with van der Waals surface area (Å²) in [6.45, 7) is 0. The lowest BCUT2D eigenvalue weighted by molar-refractivity contribution is 0.0677. The second-order valence-electron chi connectivity index (χ2n) is 6.18. The van der Waals surface area contributed by atoms with Crippen molar-refractivity contribution >= 4 is 11.6 Å². The number of hydrazone groups is 1. The van der Waals surface area contributed by atoms with Crippen LogP contribution in [0, 0.1) is 0 Å². The summed E-state index contributed by atoms with van der Waals surface area (Å²) in [7, 11) is 1.61. The number of ether oxygens (including phenoxy) is 1. The van der Waals surface area contributed by atoms with Gasteiger partial charge in [0.1, 0.15) is 11.5 Å². The fourth-order valence-corrected chi connectivity index (χ4v) is 3.18. The first-order valence-electron chi connectivity index (χ1n) is 8.54. The first-order chi connectivity index (χ1) is 13.2. The van der Waals surface area contributed by atoms with Gasteiger partial charge in [0.2, 0.25) is 0 Å². The number of nitrogens with zero attached hydrogens (tertiary/aromatic N) is 2. The molecular formula is C21H18N2O4. The van der Waals surface area contributed by atoms with Gasteiger partial charge in [0.15, 0.2) is 5.76 Å². The van der Waals surface area contributed by atoms with E-state index in [4.69, 9.17) is 9.15 Å². The van der Waals surface area contributed by atoms with Crippen LogP contribution in [0.2, 0.25) is 0 Å². The van der Waals surface area contributed by atoms with Crippen LogP contribution in [0.4, 0.5) is 0 Å². The Balaban J connectivity index is 1.73. The summed E-state index contributed by atoms with van der Waals surface area (Å²) < 4.78 is 10.5. The number of carbonyl (C=O) groups excluding carboxylic acids is 1. The van der Waals surface area contributed by atoms with Gasteiger partial charge in [0, 0.05) is 12.0 Å². The third-order valence-electron chi connectivity index (χ3n) is 4.57. The van der Waals surface area contributed by atoms with E-state index in [0.29, 0.717) is 12.0 Å². The van der Waals surface area contributed by atoms with Gasteiger partial charge < -0.3 is 14.3 Å². The van der Waals surface area contributed by atoms with Crippen LogP contribution in [0.3, 0.4) is 0 Å². The summed E-state index contributed by atoms with van der Waals surface area (Å²) in [4.78, 5) is 12.9. The highest BCUT2D eigenvalue weighted by molar-refractivity contribution is 6.04. The Morgan fingerprint density at radius 2 is 1.93 bits per heavy atom. The molecule has 1 N–H and O–H groups in total. The van der Waals surface area contributed by atoms with Crippen molar-refractivity contribution in [1.82, 2.24) is 5.01 Å². The maximum atomic E-state index is 12.9. The molecule has 1 amide bonds. The van der Waals surface area contributed by atoms with Crippen molar-refractivity contribution in [2.24, 2.45) is 5.10 Å². The van der Waals surface area contributed by atoms with Gasteiger partial charge in [-0.1, -0.05) is 18.2 Å². The molecule has 0 saturated heterocycles. The van der Waals surface area contributed by atoms with E-state index in [0.717, 1.165) is 17.0 Å². The Bertz CT molecular complexity index is 978. The maximum Gasteiger partial charge on any atom is 0.310 e. The minimum atomic E-state index is -0.416. The molecule has 1 unspecified atom stereocenters. The van der Waals surface area contributed by atoms with Crippen LogP contribution in [0.25, 0.3) is 0 Å². The zero-order valence-electron chi connectivity index (χ0n) is 14.7. The number of aromatic hydroxyl groups is 1. The molecule has 27 heavy (non-hydrogen) atoms. The molecule has 0 fully saturated rings.